The lowest BCUT2D eigenvalue weighted by atomic mass is 9.93. The molecule has 2 atom stereocenters. The van der Waals surface area contributed by atoms with E-state index in [1.807, 2.05) is 6.07 Å². The normalized spacial score (nSPS) is 28.6. The number of hydrogen-bond acceptors (Lipinski definition) is 4. The van der Waals surface area contributed by atoms with Crippen LogP contribution in [0.1, 0.15) is 24.8 Å². The third-order valence-electron chi connectivity index (χ3n) is 4.55. The largest absolute Gasteiger partial charge is 0.468 e. The van der Waals surface area contributed by atoms with E-state index >= 15 is 0 Å². The van der Waals surface area contributed by atoms with Crippen LogP contribution < -0.4 is 0 Å². The Balaban J connectivity index is 1.63. The molecule has 3 rings (SSSR count). The summed E-state index contributed by atoms with van der Waals surface area (Å²) in [5, 5.41) is 0. The lowest BCUT2D eigenvalue weighted by molar-refractivity contribution is -0.152. The lowest BCUT2D eigenvalue weighted by Crippen LogP contribution is -2.46. The van der Waals surface area contributed by atoms with Crippen molar-refractivity contribution < 1.29 is 14.3 Å². The highest BCUT2D eigenvalue weighted by molar-refractivity contribution is 14.1. The van der Waals surface area contributed by atoms with E-state index in [4.69, 9.17) is 9.47 Å². The molecule has 4 nitrogen and oxygen atoms in total. The van der Waals surface area contributed by atoms with Gasteiger partial charge in [0.2, 0.25) is 0 Å². The Bertz CT molecular complexity index is 536. The van der Waals surface area contributed by atoms with E-state index in [1.165, 1.54) is 16.2 Å². The zero-order valence-electron chi connectivity index (χ0n) is 12.2. The van der Waals surface area contributed by atoms with Crippen LogP contribution in [0.15, 0.2) is 24.3 Å². The second-order valence-corrected chi connectivity index (χ2v) is 7.09. The predicted molar refractivity (Wildman–Crippen MR) is 87.9 cm³/mol. The average molecular weight is 401 g/mol. The van der Waals surface area contributed by atoms with E-state index in [0.29, 0.717) is 6.61 Å². The lowest BCUT2D eigenvalue weighted by Gasteiger charge is -2.27. The van der Waals surface area contributed by atoms with Crippen LogP contribution in [0.3, 0.4) is 0 Å². The second kappa shape index (κ2) is 6.22. The van der Waals surface area contributed by atoms with E-state index < -0.39 is 5.54 Å². The highest BCUT2D eigenvalue weighted by Gasteiger charge is 2.54. The third-order valence-corrected chi connectivity index (χ3v) is 5.22. The number of halogens is 1. The van der Waals surface area contributed by atoms with Gasteiger partial charge in [-0.3, -0.25) is 9.69 Å². The van der Waals surface area contributed by atoms with Gasteiger partial charge in [0.15, 0.2) is 0 Å². The van der Waals surface area contributed by atoms with Crippen molar-refractivity contribution in [3.05, 3.63) is 33.4 Å². The van der Waals surface area contributed by atoms with Gasteiger partial charge in [0.05, 0.1) is 19.8 Å². The van der Waals surface area contributed by atoms with Gasteiger partial charge in [-0.25, -0.2) is 0 Å². The van der Waals surface area contributed by atoms with Gasteiger partial charge in [0.1, 0.15) is 5.54 Å². The molecule has 0 spiro atoms. The molecule has 0 aliphatic carbocycles. The molecule has 5 heteroatoms. The molecule has 0 amide bonds. The van der Waals surface area contributed by atoms with Gasteiger partial charge in [-0.15, -0.1) is 0 Å². The Hall–Kier alpha value is -0.660. The summed E-state index contributed by atoms with van der Waals surface area (Å²) in [6.45, 7) is 2.41. The van der Waals surface area contributed by atoms with E-state index in [2.05, 4.69) is 45.7 Å². The fraction of sp³-hybridized carbons (Fsp3) is 0.562. The molecule has 2 aliphatic heterocycles. The van der Waals surface area contributed by atoms with Crippen LogP contribution in [0.5, 0.6) is 0 Å². The van der Waals surface area contributed by atoms with Gasteiger partial charge >= 0.3 is 5.97 Å². The maximum atomic E-state index is 12.2. The quantitative estimate of drug-likeness (QED) is 0.575. The number of benzene rings is 1. The molecule has 0 N–H and O–H groups in total. The van der Waals surface area contributed by atoms with Crippen molar-refractivity contribution in [2.45, 2.75) is 37.5 Å². The van der Waals surface area contributed by atoms with Gasteiger partial charge in [-0.1, -0.05) is 12.1 Å². The maximum Gasteiger partial charge on any atom is 0.326 e. The van der Waals surface area contributed by atoms with Crippen molar-refractivity contribution in [3.8, 4) is 0 Å². The molecule has 2 heterocycles. The fourth-order valence-electron chi connectivity index (χ4n) is 3.58. The van der Waals surface area contributed by atoms with Crippen molar-refractivity contribution in [2.75, 3.05) is 20.2 Å². The number of nitrogens with zero attached hydrogens (tertiary/aromatic N) is 1. The summed E-state index contributed by atoms with van der Waals surface area (Å²) in [6, 6.07) is 8.33. The summed E-state index contributed by atoms with van der Waals surface area (Å²) in [4.78, 5) is 14.4. The van der Waals surface area contributed by atoms with Crippen LogP contribution in [0, 0.1) is 3.57 Å². The van der Waals surface area contributed by atoms with Gasteiger partial charge in [-0.05, 0) is 59.7 Å². The summed E-state index contributed by atoms with van der Waals surface area (Å²) in [5.74, 6) is -0.0969. The molecular formula is C16H20INO3. The molecule has 1 aromatic rings. The number of carbonyl (C=O) groups is 1. The summed E-state index contributed by atoms with van der Waals surface area (Å²) in [6.07, 6.45) is 2.83. The Morgan fingerprint density at radius 1 is 1.52 bits per heavy atom. The smallest absolute Gasteiger partial charge is 0.326 e. The van der Waals surface area contributed by atoms with Crippen LogP contribution >= 0.6 is 22.6 Å². The Morgan fingerprint density at radius 3 is 3.14 bits per heavy atom. The molecule has 21 heavy (non-hydrogen) atoms. The highest BCUT2D eigenvalue weighted by atomic mass is 127. The molecule has 1 aromatic carbocycles. The van der Waals surface area contributed by atoms with Crippen LogP contribution in [-0.2, 0) is 20.9 Å². The summed E-state index contributed by atoms with van der Waals surface area (Å²) < 4.78 is 12.3. The minimum Gasteiger partial charge on any atom is -0.468 e. The minimum absolute atomic E-state index is 0.0969. The first-order chi connectivity index (χ1) is 10.1. The van der Waals surface area contributed by atoms with Crippen molar-refractivity contribution in [3.63, 3.8) is 0 Å². The summed E-state index contributed by atoms with van der Waals surface area (Å²) in [5.41, 5.74) is 0.755. The SMILES string of the molecule is COC(=O)[C@]12CCCN1C[C@H](OCc1cccc(I)c1)C2. The molecule has 0 unspecified atom stereocenters. The van der Waals surface area contributed by atoms with Crippen LogP contribution in [0.4, 0.5) is 0 Å². The first-order valence-corrected chi connectivity index (χ1v) is 8.41. The average Bonchev–Trinajstić information content (AvgIpc) is 3.02. The number of ether oxygens (including phenoxy) is 2. The molecule has 0 bridgehead atoms. The monoisotopic (exact) mass is 401 g/mol. The molecule has 0 radical (unpaired) electrons. The summed E-state index contributed by atoms with van der Waals surface area (Å²) in [7, 11) is 1.48. The van der Waals surface area contributed by atoms with Crippen LogP contribution in [0.2, 0.25) is 0 Å². The number of rotatable bonds is 4. The molecular weight excluding hydrogens is 381 g/mol. The van der Waals surface area contributed by atoms with E-state index in [-0.39, 0.29) is 12.1 Å². The first kappa shape index (κ1) is 15.2. The van der Waals surface area contributed by atoms with Crippen molar-refractivity contribution in [2.24, 2.45) is 0 Å². The molecule has 0 aromatic heterocycles. The molecule has 0 saturated carbocycles. The van der Waals surface area contributed by atoms with Crippen LogP contribution in [-0.4, -0.2) is 42.7 Å². The zero-order valence-corrected chi connectivity index (χ0v) is 14.3. The number of hydrogen-bond donors (Lipinski definition) is 0. The van der Waals surface area contributed by atoms with E-state index in [1.54, 1.807) is 0 Å². The number of fused-ring (bicyclic) bond motifs is 1. The maximum absolute atomic E-state index is 12.2. The predicted octanol–water partition coefficient (Wildman–Crippen LogP) is 2.59. The van der Waals surface area contributed by atoms with E-state index in [0.717, 1.165) is 32.4 Å². The van der Waals surface area contributed by atoms with Gasteiger partial charge in [0, 0.05) is 16.5 Å². The fourth-order valence-corrected chi connectivity index (χ4v) is 4.18. The van der Waals surface area contributed by atoms with Gasteiger partial charge in [-0.2, -0.15) is 0 Å². The standard InChI is InChI=1S/C16H20INO3/c1-20-15(19)16-6-3-7-18(16)10-14(9-16)21-11-12-4-2-5-13(17)8-12/h2,4-5,8,14H,3,6-7,9-11H2,1H3/t14-,16-/m1/s1. The topological polar surface area (TPSA) is 38.8 Å². The Kier molecular flexibility index (Phi) is 4.51. The molecule has 2 fully saturated rings. The van der Waals surface area contributed by atoms with Gasteiger partial charge in [0.25, 0.3) is 0 Å². The molecule has 114 valence electrons. The first-order valence-electron chi connectivity index (χ1n) is 7.33. The van der Waals surface area contributed by atoms with Crippen molar-refractivity contribution in [1.29, 1.82) is 0 Å². The highest BCUT2D eigenvalue weighted by Crippen LogP contribution is 2.41. The number of esters is 1. The molecule has 2 aliphatic rings. The third kappa shape index (κ3) is 2.96. The summed E-state index contributed by atoms with van der Waals surface area (Å²) >= 11 is 2.31. The minimum atomic E-state index is -0.426. The number of methoxy groups -OCH3 is 1. The second-order valence-electron chi connectivity index (χ2n) is 5.84. The number of carbonyl (C=O) groups excluding carboxylic acids is 1. The van der Waals surface area contributed by atoms with E-state index in [9.17, 15) is 4.79 Å². The van der Waals surface area contributed by atoms with Gasteiger partial charge < -0.3 is 9.47 Å². The van der Waals surface area contributed by atoms with Crippen molar-refractivity contribution in [1.82, 2.24) is 4.90 Å². The zero-order chi connectivity index (χ0) is 14.9. The van der Waals surface area contributed by atoms with Crippen LogP contribution in [0.25, 0.3) is 0 Å². The Morgan fingerprint density at radius 2 is 2.38 bits per heavy atom. The molecule has 2 saturated heterocycles. The Labute approximate surface area is 138 Å². The van der Waals surface area contributed by atoms with Crippen molar-refractivity contribution >= 4 is 28.6 Å².